The third kappa shape index (κ3) is 3.42. The molecule has 3 aliphatic rings. The molecule has 0 spiro atoms. The Morgan fingerprint density at radius 2 is 1.72 bits per heavy atom. The quantitative estimate of drug-likeness (QED) is 0.497. The van der Waals surface area contributed by atoms with Gasteiger partial charge in [-0.3, -0.25) is 14.5 Å². The van der Waals surface area contributed by atoms with Crippen molar-refractivity contribution in [3.05, 3.63) is 77.4 Å². The maximum absolute atomic E-state index is 13.6. The van der Waals surface area contributed by atoms with Crippen LogP contribution in [0.1, 0.15) is 48.1 Å². The van der Waals surface area contributed by atoms with E-state index in [4.69, 9.17) is 0 Å². The number of aliphatic hydroxyl groups is 2. The van der Waals surface area contributed by atoms with Crippen molar-refractivity contribution in [1.82, 2.24) is 10.2 Å². The number of aliphatic hydroxyl groups excluding tert-OH is 1. The van der Waals surface area contributed by atoms with Crippen LogP contribution in [0.4, 0.5) is 5.69 Å². The van der Waals surface area contributed by atoms with E-state index in [0.717, 1.165) is 47.8 Å². The van der Waals surface area contributed by atoms with Crippen molar-refractivity contribution in [3.8, 4) is 0 Å². The summed E-state index contributed by atoms with van der Waals surface area (Å²) in [4.78, 5) is 30.1. The SMILES string of the molecule is CNCC(=O)CC1(O)C(=O)N(C2CCN(C3c4cccc5cccc(c45)C3O)CC2)c2ccccc21. The predicted octanol–water partition coefficient (Wildman–Crippen LogP) is 2.81. The molecule has 1 fully saturated rings. The minimum Gasteiger partial charge on any atom is -0.386 e. The highest BCUT2D eigenvalue weighted by atomic mass is 16.3. The molecule has 3 aromatic carbocycles. The highest BCUT2D eigenvalue weighted by Gasteiger charge is 2.53. The second-order valence-corrected chi connectivity index (χ2v) is 10.2. The molecule has 6 rings (SSSR count). The third-order valence-corrected chi connectivity index (χ3v) is 8.17. The average molecular weight is 486 g/mol. The van der Waals surface area contributed by atoms with Crippen LogP contribution in [-0.4, -0.2) is 59.5 Å². The van der Waals surface area contributed by atoms with Crippen LogP contribution in [0.3, 0.4) is 0 Å². The number of rotatable bonds is 6. The molecular weight excluding hydrogens is 454 g/mol. The van der Waals surface area contributed by atoms with Crippen molar-refractivity contribution in [2.45, 2.75) is 43.1 Å². The third-order valence-electron chi connectivity index (χ3n) is 8.17. The number of nitrogens with one attached hydrogen (secondary N) is 1. The summed E-state index contributed by atoms with van der Waals surface area (Å²) in [7, 11) is 1.67. The van der Waals surface area contributed by atoms with Crippen LogP contribution in [0, 0.1) is 0 Å². The van der Waals surface area contributed by atoms with Crippen LogP contribution in [0.5, 0.6) is 0 Å². The Morgan fingerprint density at radius 1 is 1.03 bits per heavy atom. The van der Waals surface area contributed by atoms with Gasteiger partial charge in [-0.1, -0.05) is 54.6 Å². The summed E-state index contributed by atoms with van der Waals surface area (Å²) in [6, 6.07) is 19.4. The number of fused-ring (bicyclic) bond motifs is 1. The van der Waals surface area contributed by atoms with Gasteiger partial charge in [-0.05, 0) is 47.9 Å². The van der Waals surface area contributed by atoms with Crippen molar-refractivity contribution < 1.29 is 19.8 Å². The highest BCUT2D eigenvalue weighted by molar-refractivity contribution is 6.09. The van der Waals surface area contributed by atoms with Crippen LogP contribution in [0.2, 0.25) is 0 Å². The van der Waals surface area contributed by atoms with E-state index in [1.54, 1.807) is 24.1 Å². The summed E-state index contributed by atoms with van der Waals surface area (Å²) in [6.07, 6.45) is 0.613. The molecule has 7 nitrogen and oxygen atoms in total. The van der Waals surface area contributed by atoms with Gasteiger partial charge in [-0.2, -0.15) is 0 Å². The largest absolute Gasteiger partial charge is 0.386 e. The van der Waals surface area contributed by atoms with Gasteiger partial charge in [-0.25, -0.2) is 0 Å². The molecule has 3 N–H and O–H groups in total. The van der Waals surface area contributed by atoms with E-state index >= 15 is 0 Å². The van der Waals surface area contributed by atoms with E-state index in [9.17, 15) is 19.8 Å². The zero-order valence-corrected chi connectivity index (χ0v) is 20.4. The number of piperidine rings is 1. The van der Waals surface area contributed by atoms with Crippen LogP contribution in [-0.2, 0) is 15.2 Å². The maximum Gasteiger partial charge on any atom is 0.264 e. The molecule has 2 aliphatic heterocycles. The number of hydrogen-bond acceptors (Lipinski definition) is 6. The molecule has 0 aromatic heterocycles. The lowest BCUT2D eigenvalue weighted by Gasteiger charge is -2.41. The molecule has 2 heterocycles. The molecule has 0 bridgehead atoms. The summed E-state index contributed by atoms with van der Waals surface area (Å²) in [5.41, 5.74) is 1.51. The number of carbonyl (C=O) groups is 2. The molecule has 1 amide bonds. The predicted molar refractivity (Wildman–Crippen MR) is 138 cm³/mol. The summed E-state index contributed by atoms with van der Waals surface area (Å²) >= 11 is 0. The van der Waals surface area contributed by atoms with Crippen molar-refractivity contribution in [2.75, 3.05) is 31.6 Å². The molecule has 3 unspecified atom stereocenters. The van der Waals surface area contributed by atoms with E-state index in [1.807, 2.05) is 24.3 Å². The number of hydrogen-bond donors (Lipinski definition) is 3. The molecular formula is C29H31N3O4. The Bertz CT molecular complexity index is 1340. The fourth-order valence-electron chi connectivity index (χ4n) is 6.59. The van der Waals surface area contributed by atoms with Crippen molar-refractivity contribution in [1.29, 1.82) is 0 Å². The number of nitrogens with zero attached hydrogens (tertiary/aromatic N) is 2. The smallest absolute Gasteiger partial charge is 0.264 e. The number of Topliss-reactive ketones (excluding diaryl/α,β-unsaturated/α-hetero) is 1. The van der Waals surface area contributed by atoms with Gasteiger partial charge in [0.25, 0.3) is 5.91 Å². The van der Waals surface area contributed by atoms with Gasteiger partial charge in [0.05, 0.1) is 24.4 Å². The fraction of sp³-hybridized carbons (Fsp3) is 0.379. The molecule has 0 radical (unpaired) electrons. The number of anilines is 1. The Labute approximate surface area is 210 Å². The van der Waals surface area contributed by atoms with E-state index in [0.29, 0.717) is 11.3 Å². The minimum atomic E-state index is -1.83. The maximum atomic E-state index is 13.6. The normalized spacial score (nSPS) is 26.1. The lowest BCUT2D eigenvalue weighted by atomic mass is 9.90. The number of para-hydroxylation sites is 1. The molecule has 7 heteroatoms. The standard InChI is InChI=1S/C29H31N3O4/c1-30-17-20(33)16-29(36)23-10-2-3-11-24(23)32(28(29)35)19-12-14-31(15-13-19)26-21-8-4-6-18-7-5-9-22(25(18)21)27(26)34/h2-11,19,26-27,30,34,36H,12-17H2,1H3. The zero-order valence-electron chi connectivity index (χ0n) is 20.4. The molecule has 36 heavy (non-hydrogen) atoms. The van der Waals surface area contributed by atoms with E-state index in [2.05, 4.69) is 34.5 Å². The Balaban J connectivity index is 1.24. The average Bonchev–Trinajstić information content (AvgIpc) is 3.29. The van der Waals surface area contributed by atoms with Gasteiger partial charge < -0.3 is 20.4 Å². The Morgan fingerprint density at radius 3 is 2.44 bits per heavy atom. The first-order chi connectivity index (χ1) is 17.4. The lowest BCUT2D eigenvalue weighted by molar-refractivity contribution is -0.142. The first-order valence-corrected chi connectivity index (χ1v) is 12.7. The highest BCUT2D eigenvalue weighted by Crippen LogP contribution is 2.49. The second kappa shape index (κ2) is 8.78. The molecule has 0 saturated carbocycles. The van der Waals surface area contributed by atoms with Gasteiger partial charge in [0.1, 0.15) is 5.78 Å². The van der Waals surface area contributed by atoms with Crippen LogP contribution in [0.25, 0.3) is 10.8 Å². The van der Waals surface area contributed by atoms with Gasteiger partial charge in [-0.15, -0.1) is 0 Å². The van der Waals surface area contributed by atoms with Gasteiger partial charge >= 0.3 is 0 Å². The first kappa shape index (κ1) is 23.3. The van der Waals surface area contributed by atoms with Crippen molar-refractivity contribution in [3.63, 3.8) is 0 Å². The first-order valence-electron chi connectivity index (χ1n) is 12.7. The van der Waals surface area contributed by atoms with Crippen molar-refractivity contribution >= 4 is 28.2 Å². The minimum absolute atomic E-state index is 0.0833. The van der Waals surface area contributed by atoms with Crippen LogP contribution in [0.15, 0.2) is 60.7 Å². The second-order valence-electron chi connectivity index (χ2n) is 10.2. The Hall–Kier alpha value is -3.10. The summed E-state index contributed by atoms with van der Waals surface area (Å²) in [5, 5.41) is 27.8. The molecule has 3 aromatic rings. The monoisotopic (exact) mass is 485 g/mol. The number of ketones is 1. The van der Waals surface area contributed by atoms with Gasteiger partial charge in [0.2, 0.25) is 0 Å². The Kier molecular flexibility index (Phi) is 5.68. The number of amides is 1. The van der Waals surface area contributed by atoms with Crippen LogP contribution >= 0.6 is 0 Å². The number of likely N-dealkylation sites (tertiary alicyclic amines) is 1. The molecule has 1 aliphatic carbocycles. The fourth-order valence-corrected chi connectivity index (χ4v) is 6.59. The van der Waals surface area contributed by atoms with Crippen LogP contribution < -0.4 is 10.2 Å². The molecule has 3 atom stereocenters. The van der Waals surface area contributed by atoms with E-state index in [-0.39, 0.29) is 30.8 Å². The molecule has 186 valence electrons. The van der Waals surface area contributed by atoms with Gasteiger partial charge in [0.15, 0.2) is 5.60 Å². The van der Waals surface area contributed by atoms with E-state index < -0.39 is 17.6 Å². The van der Waals surface area contributed by atoms with Crippen molar-refractivity contribution in [2.24, 2.45) is 0 Å². The summed E-state index contributed by atoms with van der Waals surface area (Å²) < 4.78 is 0. The van der Waals surface area contributed by atoms with E-state index in [1.165, 1.54) is 0 Å². The lowest BCUT2D eigenvalue weighted by Crippen LogP contribution is -2.51. The topological polar surface area (TPSA) is 93.1 Å². The number of benzene rings is 3. The number of likely N-dealkylation sites (N-methyl/N-ethyl adjacent to an activating group) is 1. The summed E-state index contributed by atoms with van der Waals surface area (Å²) in [6.45, 7) is 1.55. The summed E-state index contributed by atoms with van der Waals surface area (Å²) in [5.74, 6) is -0.617. The zero-order chi connectivity index (χ0) is 25.0. The van der Waals surface area contributed by atoms with Gasteiger partial charge in [0, 0.05) is 31.1 Å². The number of carbonyl (C=O) groups excluding carboxylic acids is 2. The molecule has 1 saturated heterocycles.